The van der Waals surface area contributed by atoms with Gasteiger partial charge in [0.05, 0.1) is 26.8 Å². The molecule has 172 valence electrons. The lowest BCUT2D eigenvalue weighted by Gasteiger charge is -2.37. The van der Waals surface area contributed by atoms with Gasteiger partial charge in [-0.3, -0.25) is 14.5 Å². The van der Waals surface area contributed by atoms with Crippen molar-refractivity contribution in [2.75, 3.05) is 37.9 Å². The molecule has 1 aliphatic rings. The van der Waals surface area contributed by atoms with Gasteiger partial charge >= 0.3 is 0 Å². The summed E-state index contributed by atoms with van der Waals surface area (Å²) >= 11 is 1.68. The summed E-state index contributed by atoms with van der Waals surface area (Å²) in [6, 6.07) is 15.3. The molecule has 3 aromatic rings. The second-order valence-electron chi connectivity index (χ2n) is 7.85. The van der Waals surface area contributed by atoms with Gasteiger partial charge in [0.1, 0.15) is 0 Å². The van der Waals surface area contributed by atoms with Gasteiger partial charge in [-0.05, 0) is 65.4 Å². The lowest BCUT2D eigenvalue weighted by molar-refractivity contribution is -0.118. The summed E-state index contributed by atoms with van der Waals surface area (Å²) in [4.78, 5) is 27.5. The highest BCUT2D eigenvalue weighted by Gasteiger charge is 2.32. The van der Waals surface area contributed by atoms with Crippen LogP contribution in [0.2, 0.25) is 0 Å². The van der Waals surface area contributed by atoms with Crippen LogP contribution in [0, 0.1) is 0 Å². The van der Waals surface area contributed by atoms with Crippen molar-refractivity contribution in [2.24, 2.45) is 0 Å². The maximum Gasteiger partial charge on any atom is 0.238 e. The molecule has 2 aromatic carbocycles. The largest absolute Gasteiger partial charge is 0.493 e. The average Bonchev–Trinajstić information content (AvgIpc) is 3.33. The molecule has 0 aliphatic carbocycles. The van der Waals surface area contributed by atoms with Gasteiger partial charge in [-0.2, -0.15) is 0 Å². The molecule has 7 nitrogen and oxygen atoms in total. The number of nitrogens with one attached hydrogen (secondary N) is 2. The van der Waals surface area contributed by atoms with E-state index in [0.29, 0.717) is 17.1 Å². The molecule has 4 rings (SSSR count). The van der Waals surface area contributed by atoms with Gasteiger partial charge in [0.2, 0.25) is 11.8 Å². The Balaban J connectivity index is 1.55. The van der Waals surface area contributed by atoms with E-state index < -0.39 is 0 Å². The topological polar surface area (TPSA) is 79.9 Å². The van der Waals surface area contributed by atoms with Crippen LogP contribution in [0.25, 0.3) is 0 Å². The quantitative estimate of drug-likeness (QED) is 0.544. The maximum atomic E-state index is 12.9. The Morgan fingerprint density at radius 2 is 1.70 bits per heavy atom. The number of amides is 2. The van der Waals surface area contributed by atoms with Gasteiger partial charge in [-0.1, -0.05) is 6.07 Å². The zero-order chi connectivity index (χ0) is 23.4. The number of hydrogen-bond acceptors (Lipinski definition) is 6. The highest BCUT2D eigenvalue weighted by molar-refractivity contribution is 7.10. The van der Waals surface area contributed by atoms with Gasteiger partial charge in [0, 0.05) is 29.7 Å². The van der Waals surface area contributed by atoms with Crippen LogP contribution in [0.15, 0.2) is 53.9 Å². The van der Waals surface area contributed by atoms with Crippen LogP contribution >= 0.6 is 11.3 Å². The average molecular weight is 466 g/mol. The number of fused-ring (bicyclic) bond motifs is 1. The normalized spacial score (nSPS) is 15.4. The number of ether oxygens (including phenoxy) is 2. The van der Waals surface area contributed by atoms with Crippen LogP contribution in [0.5, 0.6) is 11.5 Å². The molecule has 0 saturated heterocycles. The molecule has 0 saturated carbocycles. The third-order valence-corrected chi connectivity index (χ3v) is 6.55. The monoisotopic (exact) mass is 465 g/mol. The third kappa shape index (κ3) is 5.18. The Hall–Kier alpha value is -3.36. The van der Waals surface area contributed by atoms with Gasteiger partial charge in [-0.25, -0.2) is 0 Å². The summed E-state index contributed by atoms with van der Waals surface area (Å²) in [6.45, 7) is 2.46. The van der Waals surface area contributed by atoms with Gasteiger partial charge < -0.3 is 20.1 Å². The molecule has 8 heteroatoms. The van der Waals surface area contributed by atoms with E-state index in [2.05, 4.69) is 27.0 Å². The fourth-order valence-electron chi connectivity index (χ4n) is 4.17. The molecule has 2 heterocycles. The zero-order valence-corrected chi connectivity index (χ0v) is 19.7. The second-order valence-corrected chi connectivity index (χ2v) is 8.83. The first-order valence-corrected chi connectivity index (χ1v) is 11.6. The lowest BCUT2D eigenvalue weighted by Crippen LogP contribution is -2.40. The molecule has 0 bridgehead atoms. The number of benzene rings is 2. The Labute approximate surface area is 197 Å². The SMILES string of the molecule is COc1cc2c(cc1OC)C(c1cccs1)N(CC(=O)Nc1ccc(NC(C)=O)cc1)CC2. The first-order chi connectivity index (χ1) is 16.0. The number of thiophene rings is 1. The summed E-state index contributed by atoms with van der Waals surface area (Å²) in [7, 11) is 3.28. The van der Waals surface area contributed by atoms with Crippen LogP contribution < -0.4 is 20.1 Å². The van der Waals surface area contributed by atoms with Crippen molar-refractivity contribution in [3.05, 3.63) is 69.9 Å². The molecule has 1 unspecified atom stereocenters. The summed E-state index contributed by atoms with van der Waals surface area (Å²) < 4.78 is 11.0. The number of carbonyl (C=O) groups excluding carboxylic acids is 2. The van der Waals surface area contributed by atoms with Crippen molar-refractivity contribution in [3.8, 4) is 11.5 Å². The first kappa shape index (κ1) is 22.8. The van der Waals surface area contributed by atoms with Gasteiger partial charge in [-0.15, -0.1) is 11.3 Å². The van der Waals surface area contributed by atoms with E-state index in [1.54, 1.807) is 49.8 Å². The van der Waals surface area contributed by atoms with Crippen molar-refractivity contribution in [2.45, 2.75) is 19.4 Å². The molecule has 2 amide bonds. The predicted molar refractivity (Wildman–Crippen MR) is 130 cm³/mol. The fraction of sp³-hybridized carbons (Fsp3) is 0.280. The lowest BCUT2D eigenvalue weighted by atomic mass is 9.91. The highest BCUT2D eigenvalue weighted by atomic mass is 32.1. The predicted octanol–water partition coefficient (Wildman–Crippen LogP) is 4.31. The number of methoxy groups -OCH3 is 2. The van der Waals surface area contributed by atoms with Crippen molar-refractivity contribution in [3.63, 3.8) is 0 Å². The van der Waals surface area contributed by atoms with Crippen molar-refractivity contribution >= 4 is 34.5 Å². The standard InChI is InChI=1S/C25H27N3O4S/c1-16(29)26-18-6-8-19(9-7-18)27-24(30)15-28-11-10-17-13-21(31-2)22(32-3)14-20(17)25(28)23-5-4-12-33-23/h4-9,12-14,25H,10-11,15H2,1-3H3,(H,26,29)(H,27,30). The minimum atomic E-state index is -0.133. The van der Waals surface area contributed by atoms with Crippen LogP contribution in [0.3, 0.4) is 0 Å². The van der Waals surface area contributed by atoms with E-state index >= 15 is 0 Å². The number of nitrogens with zero attached hydrogens (tertiary/aromatic N) is 1. The van der Waals surface area contributed by atoms with Gasteiger partial charge in [0.15, 0.2) is 11.5 Å². The molecule has 1 aromatic heterocycles. The Morgan fingerprint density at radius 1 is 1.03 bits per heavy atom. The number of carbonyl (C=O) groups is 2. The first-order valence-electron chi connectivity index (χ1n) is 10.7. The smallest absolute Gasteiger partial charge is 0.238 e. The molecule has 0 fully saturated rings. The summed E-state index contributed by atoms with van der Waals surface area (Å²) in [5.41, 5.74) is 3.71. The Morgan fingerprint density at radius 3 is 2.30 bits per heavy atom. The Bertz CT molecular complexity index is 1130. The van der Waals surface area contributed by atoms with E-state index in [9.17, 15) is 9.59 Å². The number of rotatable bonds is 7. The molecular weight excluding hydrogens is 438 g/mol. The fourth-order valence-corrected chi connectivity index (χ4v) is 5.05. The van der Waals surface area contributed by atoms with Crippen LogP contribution in [0.1, 0.15) is 29.0 Å². The molecule has 2 N–H and O–H groups in total. The zero-order valence-electron chi connectivity index (χ0n) is 18.9. The maximum absolute atomic E-state index is 12.9. The molecule has 1 atom stereocenters. The molecule has 0 spiro atoms. The van der Waals surface area contributed by atoms with Crippen molar-refractivity contribution in [1.29, 1.82) is 0 Å². The summed E-state index contributed by atoms with van der Waals surface area (Å²) in [5, 5.41) is 7.74. The minimum absolute atomic E-state index is 0.0403. The van der Waals surface area contributed by atoms with E-state index in [0.717, 1.165) is 24.3 Å². The molecular formula is C25H27N3O4S. The van der Waals surface area contributed by atoms with Crippen molar-refractivity contribution in [1.82, 2.24) is 4.90 Å². The van der Waals surface area contributed by atoms with Crippen LogP contribution in [0.4, 0.5) is 11.4 Å². The summed E-state index contributed by atoms with van der Waals surface area (Å²) in [6.07, 6.45) is 0.816. The highest BCUT2D eigenvalue weighted by Crippen LogP contribution is 2.42. The molecule has 33 heavy (non-hydrogen) atoms. The number of anilines is 2. The van der Waals surface area contributed by atoms with E-state index in [1.165, 1.54) is 17.4 Å². The number of hydrogen-bond donors (Lipinski definition) is 2. The molecule has 0 radical (unpaired) electrons. The van der Waals surface area contributed by atoms with Crippen LogP contribution in [-0.2, 0) is 16.0 Å². The van der Waals surface area contributed by atoms with Crippen molar-refractivity contribution < 1.29 is 19.1 Å². The van der Waals surface area contributed by atoms with E-state index in [1.807, 2.05) is 18.2 Å². The van der Waals surface area contributed by atoms with Crippen LogP contribution in [-0.4, -0.2) is 44.0 Å². The van der Waals surface area contributed by atoms with E-state index in [-0.39, 0.29) is 24.4 Å². The second kappa shape index (κ2) is 10.1. The van der Waals surface area contributed by atoms with Gasteiger partial charge in [0.25, 0.3) is 0 Å². The Kier molecular flexibility index (Phi) is 6.96. The third-order valence-electron chi connectivity index (χ3n) is 5.62. The minimum Gasteiger partial charge on any atom is -0.493 e. The molecule has 1 aliphatic heterocycles. The summed E-state index contributed by atoms with van der Waals surface area (Å²) in [5.74, 6) is 1.18. The van der Waals surface area contributed by atoms with E-state index in [4.69, 9.17) is 9.47 Å².